The lowest BCUT2D eigenvalue weighted by molar-refractivity contribution is 0.204. The van der Waals surface area contributed by atoms with Crippen molar-refractivity contribution in [1.82, 2.24) is 15.4 Å². The lowest BCUT2D eigenvalue weighted by Crippen LogP contribution is -2.44. The van der Waals surface area contributed by atoms with E-state index in [0.717, 1.165) is 5.56 Å². The first kappa shape index (κ1) is 13.7. The van der Waals surface area contributed by atoms with Crippen molar-refractivity contribution in [3.05, 3.63) is 30.1 Å². The quantitative estimate of drug-likeness (QED) is 0.650. The van der Waals surface area contributed by atoms with Gasteiger partial charge in [-0.05, 0) is 13.0 Å². The number of hydrogen-bond donors (Lipinski definition) is 1. The van der Waals surface area contributed by atoms with Gasteiger partial charge in [0, 0.05) is 18.0 Å². The maximum absolute atomic E-state index is 11.6. The summed E-state index contributed by atoms with van der Waals surface area (Å²) in [6.07, 6.45) is 4.87. The molecule has 0 unspecified atom stereocenters. The molecule has 0 bridgehead atoms. The van der Waals surface area contributed by atoms with Gasteiger partial charge in [-0.1, -0.05) is 11.2 Å². The van der Waals surface area contributed by atoms with Crippen molar-refractivity contribution in [2.45, 2.75) is 6.92 Å². The van der Waals surface area contributed by atoms with E-state index in [1.165, 1.54) is 12.1 Å². The maximum atomic E-state index is 11.6. The molecule has 8 nitrogen and oxygen atoms in total. The molecule has 1 aliphatic heterocycles. The fourth-order valence-corrected chi connectivity index (χ4v) is 1.49. The zero-order valence-electron chi connectivity index (χ0n) is 11.1. The van der Waals surface area contributed by atoms with Gasteiger partial charge in [0.1, 0.15) is 18.5 Å². The number of amides is 2. The Kier molecular flexibility index (Phi) is 4.38. The Morgan fingerprint density at radius 1 is 1.60 bits per heavy atom. The van der Waals surface area contributed by atoms with E-state index in [0.29, 0.717) is 11.4 Å². The van der Waals surface area contributed by atoms with Gasteiger partial charge in [0.25, 0.3) is 0 Å². The number of oxime groups is 1. The lowest BCUT2D eigenvalue weighted by atomic mass is 10.2. The molecule has 0 fully saturated rings. The number of rotatable bonds is 4. The number of nitrogens with zero attached hydrogens (tertiary/aromatic N) is 5. The molecule has 1 aromatic rings. The molecule has 8 heteroatoms. The second-order valence-corrected chi connectivity index (χ2v) is 3.92. The Balaban J connectivity index is 2.09. The summed E-state index contributed by atoms with van der Waals surface area (Å²) in [5.41, 5.74) is 4.32. The van der Waals surface area contributed by atoms with Gasteiger partial charge in [0.05, 0.1) is 12.8 Å². The number of hydrogen-bond acceptors (Lipinski definition) is 6. The van der Waals surface area contributed by atoms with E-state index in [2.05, 4.69) is 30.6 Å². The molecule has 1 aliphatic rings. The van der Waals surface area contributed by atoms with Crippen molar-refractivity contribution in [2.24, 2.45) is 15.4 Å². The van der Waals surface area contributed by atoms with Gasteiger partial charge >= 0.3 is 6.03 Å². The average Bonchev–Trinajstić information content (AvgIpc) is 2.47. The van der Waals surface area contributed by atoms with Crippen LogP contribution in [0.3, 0.4) is 0 Å². The number of pyridine rings is 1. The highest BCUT2D eigenvalue weighted by molar-refractivity contribution is 6.42. The Labute approximate surface area is 115 Å². The number of urea groups is 1. The highest BCUT2D eigenvalue weighted by Gasteiger charge is 2.21. The minimum absolute atomic E-state index is 0.224. The highest BCUT2D eigenvalue weighted by atomic mass is 16.6. The third-order valence-corrected chi connectivity index (χ3v) is 2.50. The molecule has 0 spiro atoms. The lowest BCUT2D eigenvalue weighted by Gasteiger charge is -2.21. The summed E-state index contributed by atoms with van der Waals surface area (Å²) in [5.74, 6) is 0. The zero-order valence-corrected chi connectivity index (χ0v) is 11.1. The normalized spacial score (nSPS) is 16.1. The third-order valence-electron chi connectivity index (χ3n) is 2.50. The summed E-state index contributed by atoms with van der Waals surface area (Å²) in [7, 11) is 1.45. The van der Waals surface area contributed by atoms with E-state index in [9.17, 15) is 4.79 Å². The first-order valence-corrected chi connectivity index (χ1v) is 5.87. The van der Waals surface area contributed by atoms with E-state index in [1.54, 1.807) is 31.6 Å². The van der Waals surface area contributed by atoms with Crippen molar-refractivity contribution in [3.63, 3.8) is 0 Å². The minimum Gasteiger partial charge on any atom is -0.399 e. The van der Waals surface area contributed by atoms with Gasteiger partial charge < -0.3 is 4.84 Å². The molecule has 104 valence electrons. The van der Waals surface area contributed by atoms with Gasteiger partial charge in [-0.15, -0.1) is 0 Å². The van der Waals surface area contributed by atoms with E-state index in [-0.39, 0.29) is 6.54 Å². The van der Waals surface area contributed by atoms with Crippen LogP contribution in [0.4, 0.5) is 4.79 Å². The van der Waals surface area contributed by atoms with Crippen molar-refractivity contribution >= 4 is 23.7 Å². The summed E-state index contributed by atoms with van der Waals surface area (Å²) in [5, 5.41) is 13.0. The first-order valence-electron chi connectivity index (χ1n) is 5.87. The van der Waals surface area contributed by atoms with Crippen LogP contribution in [0.1, 0.15) is 12.5 Å². The van der Waals surface area contributed by atoms with Gasteiger partial charge in [0.15, 0.2) is 0 Å². The van der Waals surface area contributed by atoms with Crippen molar-refractivity contribution < 1.29 is 9.63 Å². The van der Waals surface area contributed by atoms with Crippen LogP contribution in [-0.4, -0.2) is 47.3 Å². The van der Waals surface area contributed by atoms with Crippen LogP contribution in [0.5, 0.6) is 0 Å². The number of carbonyl (C=O) groups is 1. The Hall–Kier alpha value is -2.77. The molecule has 0 atom stereocenters. The SMILES string of the molecule is CON=C(C)C1=NNC(=O)N(N=Cc2cccnc2)C1. The molecule has 0 aliphatic carbocycles. The Bertz CT molecular complexity index is 567. The van der Waals surface area contributed by atoms with Crippen LogP contribution in [0.15, 0.2) is 39.9 Å². The molecule has 0 saturated heterocycles. The highest BCUT2D eigenvalue weighted by Crippen LogP contribution is 2.01. The number of carbonyl (C=O) groups excluding carboxylic acids is 1. The predicted octanol–water partition coefficient (Wildman–Crippen LogP) is 0.819. The second kappa shape index (κ2) is 6.41. The molecule has 1 aromatic heterocycles. The molecule has 2 rings (SSSR count). The molecule has 2 heterocycles. The van der Waals surface area contributed by atoms with Gasteiger partial charge in [-0.3, -0.25) is 4.98 Å². The molecule has 20 heavy (non-hydrogen) atoms. The van der Waals surface area contributed by atoms with Crippen molar-refractivity contribution in [2.75, 3.05) is 13.7 Å². The number of hydrazone groups is 2. The van der Waals surface area contributed by atoms with Crippen molar-refractivity contribution in [1.29, 1.82) is 0 Å². The van der Waals surface area contributed by atoms with E-state index >= 15 is 0 Å². The molecule has 0 aromatic carbocycles. The summed E-state index contributed by atoms with van der Waals surface area (Å²) < 4.78 is 0. The second-order valence-electron chi connectivity index (χ2n) is 3.92. The summed E-state index contributed by atoms with van der Waals surface area (Å²) in [4.78, 5) is 20.3. The summed E-state index contributed by atoms with van der Waals surface area (Å²) in [6, 6.07) is 3.23. The van der Waals surface area contributed by atoms with Crippen LogP contribution in [0.25, 0.3) is 0 Å². The molecular weight excluding hydrogens is 260 g/mol. The molecule has 0 saturated carbocycles. The summed E-state index contributed by atoms with van der Waals surface area (Å²) in [6.45, 7) is 1.96. The van der Waals surface area contributed by atoms with E-state index < -0.39 is 6.03 Å². The number of nitrogens with one attached hydrogen (secondary N) is 1. The van der Waals surface area contributed by atoms with E-state index in [4.69, 9.17) is 0 Å². The molecule has 0 radical (unpaired) electrons. The predicted molar refractivity (Wildman–Crippen MR) is 74.6 cm³/mol. The Morgan fingerprint density at radius 2 is 2.45 bits per heavy atom. The van der Waals surface area contributed by atoms with Gasteiger partial charge in [-0.2, -0.15) is 10.2 Å². The van der Waals surface area contributed by atoms with Crippen LogP contribution < -0.4 is 5.43 Å². The standard InChI is InChI=1S/C12H14N6O2/c1-9(17-20-2)11-8-18(12(19)16-15-11)14-7-10-4-3-5-13-6-10/h3-7H,8H2,1-2H3,(H,16,19). The fraction of sp³-hybridized carbons (Fsp3) is 0.250. The largest absolute Gasteiger partial charge is 0.399 e. The van der Waals surface area contributed by atoms with Gasteiger partial charge in [-0.25, -0.2) is 15.2 Å². The molecular formula is C12H14N6O2. The third kappa shape index (κ3) is 3.37. The number of aromatic nitrogens is 1. The monoisotopic (exact) mass is 274 g/mol. The minimum atomic E-state index is -0.404. The summed E-state index contributed by atoms with van der Waals surface area (Å²) >= 11 is 0. The topological polar surface area (TPSA) is 91.5 Å². The zero-order chi connectivity index (χ0) is 14.4. The fourth-order valence-electron chi connectivity index (χ4n) is 1.49. The molecule has 2 amide bonds. The van der Waals surface area contributed by atoms with Crippen LogP contribution in [-0.2, 0) is 4.84 Å². The maximum Gasteiger partial charge on any atom is 0.358 e. The van der Waals surface area contributed by atoms with Gasteiger partial charge in [0.2, 0.25) is 0 Å². The van der Waals surface area contributed by atoms with Crippen molar-refractivity contribution in [3.8, 4) is 0 Å². The van der Waals surface area contributed by atoms with Crippen LogP contribution in [0.2, 0.25) is 0 Å². The Morgan fingerprint density at radius 3 is 3.15 bits per heavy atom. The average molecular weight is 274 g/mol. The molecule has 1 N–H and O–H groups in total. The van der Waals surface area contributed by atoms with Crippen LogP contribution in [0, 0.1) is 0 Å². The smallest absolute Gasteiger partial charge is 0.358 e. The first-order chi connectivity index (χ1) is 9.70. The van der Waals surface area contributed by atoms with E-state index in [1.807, 2.05) is 6.07 Å². The van der Waals surface area contributed by atoms with Crippen LogP contribution >= 0.6 is 0 Å².